The average molecular weight is 901 g/mol. The summed E-state index contributed by atoms with van der Waals surface area (Å²) in [5.41, 5.74) is 0. The van der Waals surface area contributed by atoms with Crippen molar-refractivity contribution in [2.75, 3.05) is 6.61 Å². The molecule has 0 aromatic carbocycles. The molecule has 0 aromatic heterocycles. The number of hydrogen-bond donors (Lipinski definition) is 3. The minimum atomic E-state index is -0.843. The molecule has 4 heteroatoms. The summed E-state index contributed by atoms with van der Waals surface area (Å²) in [5.74, 6) is -0.0679. The molecule has 0 aromatic rings. The van der Waals surface area contributed by atoms with E-state index in [1.54, 1.807) is 6.08 Å². The van der Waals surface area contributed by atoms with E-state index in [1.807, 2.05) is 6.08 Å². The summed E-state index contributed by atoms with van der Waals surface area (Å²) in [6.07, 6.45) is 83.8. The fraction of sp³-hybridized carbons (Fsp3) is 0.689. The van der Waals surface area contributed by atoms with Crippen molar-refractivity contribution in [1.82, 2.24) is 5.32 Å². The maximum atomic E-state index is 12.4. The molecule has 0 radical (unpaired) electrons. The Morgan fingerprint density at radius 1 is 0.385 bits per heavy atom. The molecule has 0 fully saturated rings. The minimum Gasteiger partial charge on any atom is -0.394 e. The van der Waals surface area contributed by atoms with Crippen LogP contribution in [0.1, 0.15) is 251 Å². The van der Waals surface area contributed by atoms with Gasteiger partial charge >= 0.3 is 0 Å². The first-order chi connectivity index (χ1) is 32.2. The van der Waals surface area contributed by atoms with Crippen LogP contribution < -0.4 is 5.32 Å². The topological polar surface area (TPSA) is 69.6 Å². The first-order valence-electron chi connectivity index (χ1n) is 27.6. The Morgan fingerprint density at radius 3 is 1.02 bits per heavy atom. The Hall–Kier alpha value is -2.95. The highest BCUT2D eigenvalue weighted by atomic mass is 16.3. The molecule has 4 nitrogen and oxygen atoms in total. The lowest BCUT2D eigenvalue weighted by atomic mass is 10.0. The smallest absolute Gasteiger partial charge is 0.220 e. The minimum absolute atomic E-state index is 0.0679. The van der Waals surface area contributed by atoms with E-state index >= 15 is 0 Å². The van der Waals surface area contributed by atoms with Crippen LogP contribution in [0.5, 0.6) is 0 Å². The van der Waals surface area contributed by atoms with Gasteiger partial charge in [0.15, 0.2) is 0 Å². The number of aliphatic hydroxyl groups is 2. The predicted octanol–water partition coefficient (Wildman–Crippen LogP) is 18.3. The van der Waals surface area contributed by atoms with Crippen molar-refractivity contribution in [1.29, 1.82) is 0 Å². The molecule has 0 bridgehead atoms. The number of carbonyl (C=O) groups excluding carboxylic acids is 1. The Morgan fingerprint density at radius 2 is 0.677 bits per heavy atom. The molecule has 0 rings (SSSR count). The lowest BCUT2D eigenvalue weighted by molar-refractivity contribution is -0.123. The predicted molar refractivity (Wildman–Crippen MR) is 289 cm³/mol. The number of unbranched alkanes of at least 4 members (excludes halogenated alkanes) is 26. The van der Waals surface area contributed by atoms with Gasteiger partial charge in [-0.3, -0.25) is 4.79 Å². The summed E-state index contributed by atoms with van der Waals surface area (Å²) in [6.45, 7) is 4.19. The van der Waals surface area contributed by atoms with Gasteiger partial charge in [-0.15, -0.1) is 0 Å². The molecule has 0 aliphatic carbocycles. The second-order valence-electron chi connectivity index (χ2n) is 18.3. The summed E-state index contributed by atoms with van der Waals surface area (Å²) >= 11 is 0. The Labute approximate surface area is 404 Å². The second-order valence-corrected chi connectivity index (χ2v) is 18.3. The number of allylic oxidation sites excluding steroid dienone is 17. The molecule has 2 unspecified atom stereocenters. The van der Waals surface area contributed by atoms with Gasteiger partial charge in [-0.2, -0.15) is 0 Å². The first kappa shape index (κ1) is 62.1. The second kappa shape index (κ2) is 55.4. The zero-order chi connectivity index (χ0) is 47.0. The van der Waals surface area contributed by atoms with Crippen LogP contribution in [0.2, 0.25) is 0 Å². The molecular formula is C61H105NO3. The van der Waals surface area contributed by atoms with Crippen molar-refractivity contribution in [2.45, 2.75) is 264 Å². The van der Waals surface area contributed by atoms with Crippen LogP contribution in [0, 0.1) is 0 Å². The fourth-order valence-corrected chi connectivity index (χ4v) is 7.84. The van der Waals surface area contributed by atoms with Gasteiger partial charge in [-0.1, -0.05) is 271 Å². The number of rotatable bonds is 49. The highest BCUT2D eigenvalue weighted by molar-refractivity contribution is 5.76. The van der Waals surface area contributed by atoms with Crippen LogP contribution in [-0.2, 0) is 4.79 Å². The van der Waals surface area contributed by atoms with Gasteiger partial charge in [0.05, 0.1) is 18.8 Å². The molecule has 0 saturated carbocycles. The molecule has 0 heterocycles. The third-order valence-corrected chi connectivity index (χ3v) is 12.0. The number of nitrogens with one attached hydrogen (secondary N) is 1. The third kappa shape index (κ3) is 51.9. The first-order valence-corrected chi connectivity index (χ1v) is 27.6. The van der Waals surface area contributed by atoms with Crippen LogP contribution in [0.4, 0.5) is 0 Å². The van der Waals surface area contributed by atoms with Crippen molar-refractivity contribution < 1.29 is 15.0 Å². The van der Waals surface area contributed by atoms with E-state index < -0.39 is 12.1 Å². The van der Waals surface area contributed by atoms with Crippen molar-refractivity contribution in [3.05, 3.63) is 109 Å². The Bertz CT molecular complexity index is 1250. The lowest BCUT2D eigenvalue weighted by Crippen LogP contribution is -2.45. The maximum absolute atomic E-state index is 12.4. The van der Waals surface area contributed by atoms with Gasteiger partial charge in [-0.05, 0) is 83.5 Å². The van der Waals surface area contributed by atoms with E-state index in [0.29, 0.717) is 6.42 Å². The zero-order valence-electron chi connectivity index (χ0n) is 42.7. The number of carbonyl (C=O) groups is 1. The van der Waals surface area contributed by atoms with Crippen LogP contribution in [0.3, 0.4) is 0 Å². The average Bonchev–Trinajstić information content (AvgIpc) is 3.31. The highest BCUT2D eigenvalue weighted by Crippen LogP contribution is 2.15. The molecule has 0 spiro atoms. The van der Waals surface area contributed by atoms with E-state index in [0.717, 1.165) is 77.0 Å². The van der Waals surface area contributed by atoms with Gasteiger partial charge in [0.2, 0.25) is 5.91 Å². The van der Waals surface area contributed by atoms with Crippen LogP contribution >= 0.6 is 0 Å². The van der Waals surface area contributed by atoms with Crippen molar-refractivity contribution in [3.8, 4) is 0 Å². The molecule has 2 atom stereocenters. The summed E-state index contributed by atoms with van der Waals surface area (Å²) in [7, 11) is 0. The van der Waals surface area contributed by atoms with E-state index in [1.165, 1.54) is 154 Å². The van der Waals surface area contributed by atoms with Crippen molar-refractivity contribution in [3.63, 3.8) is 0 Å². The Balaban J connectivity index is 3.54. The standard InChI is InChI=1S/C61H105NO3/c1-3-5-7-9-11-13-15-17-19-20-21-22-23-24-25-26-27-28-29-30-31-32-33-34-35-36-37-38-39-40-41-42-43-45-47-49-51-53-55-57-61(65)62-59(58-63)60(64)56-54-52-50-48-46-44-18-16-14-12-10-8-6-4-2/h5,7,11,13,17,19,21-22,24-25,27-28,30-31,33-34,54,56,59-60,63-64H,3-4,6,8-10,12,14-16,18,20,23,26,29,32,35-53,55,57-58H2,1-2H3,(H,62,65)/b7-5-,13-11-,19-17-,22-21-,25-24-,28-27-,31-30-,34-33-,56-54+. The molecule has 65 heavy (non-hydrogen) atoms. The molecule has 0 saturated heterocycles. The van der Waals surface area contributed by atoms with Gasteiger partial charge in [0.1, 0.15) is 0 Å². The van der Waals surface area contributed by atoms with Gasteiger partial charge in [0.25, 0.3) is 0 Å². The maximum Gasteiger partial charge on any atom is 0.220 e. The zero-order valence-corrected chi connectivity index (χ0v) is 42.7. The van der Waals surface area contributed by atoms with E-state index in [2.05, 4.69) is 116 Å². The van der Waals surface area contributed by atoms with Crippen LogP contribution in [0.25, 0.3) is 0 Å². The molecule has 1 amide bonds. The molecular weight excluding hydrogens is 795 g/mol. The van der Waals surface area contributed by atoms with E-state index in [-0.39, 0.29) is 12.5 Å². The summed E-state index contributed by atoms with van der Waals surface area (Å²) in [5, 5.41) is 23.1. The van der Waals surface area contributed by atoms with E-state index in [9.17, 15) is 15.0 Å². The number of aliphatic hydroxyl groups excluding tert-OH is 2. The largest absolute Gasteiger partial charge is 0.394 e. The molecule has 0 aliphatic heterocycles. The highest BCUT2D eigenvalue weighted by Gasteiger charge is 2.18. The normalized spacial score (nSPS) is 13.7. The molecule has 0 aliphatic rings. The van der Waals surface area contributed by atoms with Gasteiger partial charge < -0.3 is 15.5 Å². The van der Waals surface area contributed by atoms with Crippen molar-refractivity contribution >= 4 is 5.91 Å². The number of hydrogen-bond acceptors (Lipinski definition) is 3. The SMILES string of the molecule is CC/C=C\C/C=C\C/C=C\C/C=C\C/C=C\C/C=C\C/C=C\C/C=C\CCCCCCCCCCCCCCCCC(=O)NC(CO)C(O)/C=C/CCCCCCCCCCCCCC. The van der Waals surface area contributed by atoms with Crippen LogP contribution in [-0.4, -0.2) is 34.9 Å². The summed E-state index contributed by atoms with van der Waals surface area (Å²) in [4.78, 5) is 12.4. The van der Waals surface area contributed by atoms with Crippen LogP contribution in [0.15, 0.2) is 109 Å². The summed E-state index contributed by atoms with van der Waals surface area (Å²) in [6, 6.07) is -0.627. The molecule has 372 valence electrons. The monoisotopic (exact) mass is 900 g/mol. The quantitative estimate of drug-likeness (QED) is 0.0421. The Kier molecular flexibility index (Phi) is 52.9. The summed E-state index contributed by atoms with van der Waals surface area (Å²) < 4.78 is 0. The van der Waals surface area contributed by atoms with E-state index in [4.69, 9.17) is 0 Å². The molecule has 3 N–H and O–H groups in total. The fourth-order valence-electron chi connectivity index (χ4n) is 7.84. The van der Waals surface area contributed by atoms with Crippen molar-refractivity contribution in [2.24, 2.45) is 0 Å². The third-order valence-electron chi connectivity index (χ3n) is 12.0. The lowest BCUT2D eigenvalue weighted by Gasteiger charge is -2.20. The van der Waals surface area contributed by atoms with Gasteiger partial charge in [0, 0.05) is 6.42 Å². The van der Waals surface area contributed by atoms with Gasteiger partial charge in [-0.25, -0.2) is 0 Å². The number of amides is 1.